The summed E-state index contributed by atoms with van der Waals surface area (Å²) in [6.45, 7) is 1.93. The van der Waals surface area contributed by atoms with E-state index in [4.69, 9.17) is 11.6 Å². The van der Waals surface area contributed by atoms with Crippen LogP contribution < -0.4 is 5.32 Å². The predicted octanol–water partition coefficient (Wildman–Crippen LogP) is 4.16. The summed E-state index contributed by atoms with van der Waals surface area (Å²) in [5, 5.41) is 3.61. The number of fused-ring (bicyclic) bond motifs is 1. The van der Waals surface area contributed by atoms with Gasteiger partial charge in [0, 0.05) is 35.6 Å². The molecule has 3 rings (SSSR count). The van der Waals surface area contributed by atoms with Gasteiger partial charge in [0.25, 0.3) is 5.91 Å². The fourth-order valence-electron chi connectivity index (χ4n) is 2.99. The lowest BCUT2D eigenvalue weighted by atomic mass is 9.87. The Kier molecular flexibility index (Phi) is 5.16. The zero-order valence-corrected chi connectivity index (χ0v) is 16.1. The van der Waals surface area contributed by atoms with Gasteiger partial charge in [-0.1, -0.05) is 17.7 Å². The lowest BCUT2D eigenvalue weighted by Crippen LogP contribution is -2.27. The molecule has 0 saturated heterocycles. The number of benzene rings is 1. The van der Waals surface area contributed by atoms with E-state index < -0.39 is 0 Å². The van der Waals surface area contributed by atoms with Crippen LogP contribution in [0.4, 0.5) is 5.69 Å². The number of aryl methyl sites for hydroxylation is 2. The molecule has 132 valence electrons. The third kappa shape index (κ3) is 3.88. The van der Waals surface area contributed by atoms with E-state index in [1.165, 1.54) is 4.88 Å². The summed E-state index contributed by atoms with van der Waals surface area (Å²) in [6.07, 6.45) is 2.32. The summed E-state index contributed by atoms with van der Waals surface area (Å²) in [7, 11) is 3.51. The van der Waals surface area contributed by atoms with Crippen molar-refractivity contribution >= 4 is 40.4 Å². The lowest BCUT2D eigenvalue weighted by molar-refractivity contribution is -0.120. The van der Waals surface area contributed by atoms with Gasteiger partial charge in [-0.2, -0.15) is 0 Å². The summed E-state index contributed by atoms with van der Waals surface area (Å²) in [5.74, 6) is -0.0450. The minimum Gasteiger partial charge on any atom is -0.344 e. The number of nitrogens with one attached hydrogen (secondary N) is 1. The van der Waals surface area contributed by atoms with Gasteiger partial charge in [0.05, 0.1) is 4.88 Å². The van der Waals surface area contributed by atoms with Gasteiger partial charge >= 0.3 is 0 Å². The highest BCUT2D eigenvalue weighted by molar-refractivity contribution is 7.14. The largest absolute Gasteiger partial charge is 0.344 e. The Labute approximate surface area is 156 Å². The summed E-state index contributed by atoms with van der Waals surface area (Å²) < 4.78 is 0. The van der Waals surface area contributed by atoms with Crippen LogP contribution in [-0.2, 0) is 17.6 Å². The van der Waals surface area contributed by atoms with E-state index in [1.54, 1.807) is 36.4 Å². The molecule has 1 aliphatic rings. The fraction of sp³-hybridized carbons (Fsp3) is 0.368. The molecule has 2 aromatic rings. The average molecular weight is 377 g/mol. The van der Waals surface area contributed by atoms with Crippen LogP contribution >= 0.6 is 22.9 Å². The summed E-state index contributed by atoms with van der Waals surface area (Å²) in [6, 6.07) is 7.49. The molecule has 0 unspecified atom stereocenters. The van der Waals surface area contributed by atoms with Gasteiger partial charge in [-0.15, -0.1) is 11.3 Å². The molecular formula is C19H21ClN2O2S. The first-order chi connectivity index (χ1) is 11.8. The Morgan fingerprint density at radius 1 is 1.28 bits per heavy atom. The Morgan fingerprint density at radius 2 is 2.04 bits per heavy atom. The van der Waals surface area contributed by atoms with Crippen LogP contribution in [0.5, 0.6) is 0 Å². The van der Waals surface area contributed by atoms with Gasteiger partial charge in [0.2, 0.25) is 5.91 Å². The molecule has 4 nitrogen and oxygen atoms in total. The van der Waals surface area contributed by atoms with Crippen LogP contribution in [0.1, 0.15) is 32.1 Å². The van der Waals surface area contributed by atoms with Crippen LogP contribution in [0.3, 0.4) is 0 Å². The minimum absolute atomic E-state index is 0.0113. The first kappa shape index (κ1) is 18.0. The van der Waals surface area contributed by atoms with Gasteiger partial charge < -0.3 is 10.2 Å². The van der Waals surface area contributed by atoms with Gasteiger partial charge in [-0.05, 0) is 55.5 Å². The number of anilines is 1. The van der Waals surface area contributed by atoms with Crippen molar-refractivity contribution in [2.24, 2.45) is 5.92 Å². The third-order valence-corrected chi connectivity index (χ3v) is 6.14. The van der Waals surface area contributed by atoms with Crippen molar-refractivity contribution in [2.45, 2.75) is 26.2 Å². The first-order valence-electron chi connectivity index (χ1n) is 8.25. The maximum Gasteiger partial charge on any atom is 0.263 e. The number of nitrogens with zero attached hydrogens (tertiary/aromatic N) is 1. The Balaban J connectivity index is 1.70. The van der Waals surface area contributed by atoms with Gasteiger partial charge in [-0.3, -0.25) is 9.59 Å². The molecule has 0 radical (unpaired) electrons. The van der Waals surface area contributed by atoms with Crippen molar-refractivity contribution in [3.05, 3.63) is 50.2 Å². The molecule has 0 saturated carbocycles. The number of rotatable bonds is 3. The van der Waals surface area contributed by atoms with E-state index in [1.807, 2.05) is 25.1 Å². The second-order valence-electron chi connectivity index (χ2n) is 6.65. The van der Waals surface area contributed by atoms with Crippen molar-refractivity contribution in [3.63, 3.8) is 0 Å². The molecule has 1 heterocycles. The average Bonchev–Trinajstić information content (AvgIpc) is 3.00. The van der Waals surface area contributed by atoms with Crippen molar-refractivity contribution in [1.29, 1.82) is 0 Å². The first-order valence-corrected chi connectivity index (χ1v) is 9.45. The molecule has 25 heavy (non-hydrogen) atoms. The molecular weight excluding hydrogens is 356 g/mol. The summed E-state index contributed by atoms with van der Waals surface area (Å²) in [4.78, 5) is 28.3. The highest BCUT2D eigenvalue weighted by atomic mass is 35.5. The molecule has 2 amide bonds. The number of halogens is 1. The Morgan fingerprint density at radius 3 is 2.72 bits per heavy atom. The molecule has 0 spiro atoms. The zero-order chi connectivity index (χ0) is 18.1. The monoisotopic (exact) mass is 376 g/mol. The number of carbonyl (C=O) groups is 2. The maximum absolute atomic E-state index is 12.6. The number of thiophene rings is 1. The van der Waals surface area contributed by atoms with Crippen LogP contribution in [0.2, 0.25) is 5.02 Å². The highest BCUT2D eigenvalue weighted by Crippen LogP contribution is 2.33. The molecule has 0 fully saturated rings. The second kappa shape index (κ2) is 7.18. The third-order valence-electron chi connectivity index (χ3n) is 4.51. The Hall–Kier alpha value is -1.85. The molecule has 6 heteroatoms. The molecule has 1 aromatic carbocycles. The van der Waals surface area contributed by atoms with Crippen LogP contribution in [0.15, 0.2) is 24.3 Å². The SMILES string of the molecule is Cc1ccc(NC(=O)[C@@H]2CCc3sc(C(=O)N(C)C)cc3C2)cc1Cl. The van der Waals surface area contributed by atoms with E-state index in [0.29, 0.717) is 11.4 Å². The lowest BCUT2D eigenvalue weighted by Gasteiger charge is -2.21. The van der Waals surface area contributed by atoms with Crippen molar-refractivity contribution in [1.82, 2.24) is 4.90 Å². The molecule has 1 N–H and O–H groups in total. The van der Waals surface area contributed by atoms with Crippen molar-refractivity contribution in [2.75, 3.05) is 19.4 Å². The number of hydrogen-bond donors (Lipinski definition) is 1. The highest BCUT2D eigenvalue weighted by Gasteiger charge is 2.27. The predicted molar refractivity (Wildman–Crippen MR) is 103 cm³/mol. The van der Waals surface area contributed by atoms with E-state index in [-0.39, 0.29) is 17.7 Å². The Bertz CT molecular complexity index is 829. The minimum atomic E-state index is -0.0792. The second-order valence-corrected chi connectivity index (χ2v) is 8.20. The van der Waals surface area contributed by atoms with Crippen LogP contribution in [0.25, 0.3) is 0 Å². The zero-order valence-electron chi connectivity index (χ0n) is 14.6. The topological polar surface area (TPSA) is 49.4 Å². The van der Waals surface area contributed by atoms with Crippen molar-refractivity contribution in [3.8, 4) is 0 Å². The summed E-state index contributed by atoms with van der Waals surface area (Å²) >= 11 is 7.67. The molecule has 0 bridgehead atoms. The summed E-state index contributed by atoms with van der Waals surface area (Å²) in [5.41, 5.74) is 2.84. The van der Waals surface area contributed by atoms with E-state index in [2.05, 4.69) is 5.32 Å². The maximum atomic E-state index is 12.6. The quantitative estimate of drug-likeness (QED) is 0.874. The van der Waals surface area contributed by atoms with Gasteiger partial charge in [0.15, 0.2) is 0 Å². The van der Waals surface area contributed by atoms with Crippen molar-refractivity contribution < 1.29 is 9.59 Å². The smallest absolute Gasteiger partial charge is 0.263 e. The van der Waals surface area contributed by atoms with Crippen LogP contribution in [-0.4, -0.2) is 30.8 Å². The molecule has 0 aliphatic heterocycles. The number of carbonyl (C=O) groups excluding carboxylic acids is 2. The van der Waals surface area contributed by atoms with Gasteiger partial charge in [0.1, 0.15) is 0 Å². The normalized spacial score (nSPS) is 16.2. The molecule has 1 aliphatic carbocycles. The van der Waals surface area contributed by atoms with E-state index in [0.717, 1.165) is 34.5 Å². The standard InChI is InChI=1S/C19H21ClN2O2S/c1-11-4-6-14(10-15(11)20)21-18(23)12-5-7-16-13(8-12)9-17(25-16)19(24)22(2)3/h4,6,9-10,12H,5,7-8H2,1-3H3,(H,21,23)/t12-/m1/s1. The van der Waals surface area contributed by atoms with Crippen LogP contribution in [0, 0.1) is 12.8 Å². The molecule has 1 aromatic heterocycles. The fourth-order valence-corrected chi connectivity index (χ4v) is 4.40. The van der Waals surface area contributed by atoms with E-state index in [9.17, 15) is 9.59 Å². The number of hydrogen-bond acceptors (Lipinski definition) is 3. The van der Waals surface area contributed by atoms with E-state index >= 15 is 0 Å². The molecule has 1 atom stereocenters. The van der Waals surface area contributed by atoms with Gasteiger partial charge in [-0.25, -0.2) is 0 Å². The number of amides is 2.